The van der Waals surface area contributed by atoms with E-state index < -0.39 is 11.6 Å². The van der Waals surface area contributed by atoms with Gasteiger partial charge in [0.2, 0.25) is 5.90 Å². The molecular formula is C25H30BrN3O4. The molecule has 1 aliphatic heterocycles. The van der Waals surface area contributed by atoms with Crippen LogP contribution in [0.25, 0.3) is 0 Å². The largest absolute Gasteiger partial charge is 0.494 e. The van der Waals surface area contributed by atoms with Crippen LogP contribution in [0.4, 0.5) is 0 Å². The Balaban J connectivity index is 1.96. The summed E-state index contributed by atoms with van der Waals surface area (Å²) in [6.45, 7) is 8.27. The van der Waals surface area contributed by atoms with Crippen molar-refractivity contribution >= 4 is 27.7 Å². The Morgan fingerprint density at radius 3 is 2.58 bits per heavy atom. The number of aliphatic hydroxyl groups is 1. The molecule has 3 rings (SSSR count). The fourth-order valence-corrected chi connectivity index (χ4v) is 3.76. The van der Waals surface area contributed by atoms with E-state index in [9.17, 15) is 4.79 Å². The third-order valence-electron chi connectivity index (χ3n) is 5.13. The number of hydrogen-bond acceptors (Lipinski definition) is 6. The van der Waals surface area contributed by atoms with Crippen molar-refractivity contribution in [3.8, 4) is 5.75 Å². The van der Waals surface area contributed by atoms with Crippen molar-refractivity contribution in [1.82, 2.24) is 10.9 Å². The molecule has 1 heterocycles. The molecule has 2 aromatic carbocycles. The zero-order valence-corrected chi connectivity index (χ0v) is 20.5. The average Bonchev–Trinajstić information content (AvgIpc) is 3.19. The zero-order chi connectivity index (χ0) is 23.8. The highest BCUT2D eigenvalue weighted by Gasteiger charge is 2.52. The van der Waals surface area contributed by atoms with Gasteiger partial charge in [-0.15, -0.1) is 6.58 Å². The van der Waals surface area contributed by atoms with Gasteiger partial charge in [0.15, 0.2) is 11.6 Å². The van der Waals surface area contributed by atoms with E-state index in [0.717, 1.165) is 15.6 Å². The number of nitrogens with one attached hydrogen (secondary N) is 2. The molecule has 0 radical (unpaired) electrons. The number of carbonyl (C=O) groups excluding carboxylic acids is 1. The van der Waals surface area contributed by atoms with Crippen molar-refractivity contribution in [2.45, 2.75) is 44.4 Å². The number of ether oxygens (including phenoxy) is 2. The Bertz CT molecular complexity index is 976. The minimum absolute atomic E-state index is 0.0602. The predicted octanol–water partition coefficient (Wildman–Crippen LogP) is 4.07. The number of nitrogens with zero attached hydrogens (tertiary/aromatic N) is 1. The molecule has 8 heteroatoms. The lowest BCUT2D eigenvalue weighted by Crippen LogP contribution is -2.54. The monoisotopic (exact) mass is 515 g/mol. The molecule has 0 aromatic heterocycles. The van der Waals surface area contributed by atoms with Gasteiger partial charge >= 0.3 is 0 Å². The summed E-state index contributed by atoms with van der Waals surface area (Å²) in [5.74, 6) is 0.779. The molecule has 0 bridgehead atoms. The van der Waals surface area contributed by atoms with Crippen LogP contribution in [0.15, 0.2) is 70.7 Å². The first-order valence-electron chi connectivity index (χ1n) is 10.9. The summed E-state index contributed by atoms with van der Waals surface area (Å²) in [5, 5.41) is 8.91. The van der Waals surface area contributed by atoms with Crippen molar-refractivity contribution in [1.29, 1.82) is 0 Å². The summed E-state index contributed by atoms with van der Waals surface area (Å²) < 4.78 is 12.9. The number of hydrazine groups is 1. The van der Waals surface area contributed by atoms with Crippen LogP contribution < -0.4 is 15.6 Å². The van der Waals surface area contributed by atoms with Gasteiger partial charge in [-0.3, -0.25) is 10.2 Å². The zero-order valence-electron chi connectivity index (χ0n) is 18.9. The van der Waals surface area contributed by atoms with E-state index in [1.54, 1.807) is 6.08 Å². The topological polar surface area (TPSA) is 92.2 Å². The maximum absolute atomic E-state index is 13.4. The second-order valence-corrected chi connectivity index (χ2v) is 9.00. The molecule has 1 aliphatic rings. The molecule has 0 aliphatic carbocycles. The van der Waals surface area contributed by atoms with Crippen LogP contribution in [0, 0.1) is 0 Å². The number of aliphatic hydroxyl groups excluding tert-OH is 1. The van der Waals surface area contributed by atoms with Crippen molar-refractivity contribution in [3.05, 3.63) is 76.8 Å². The van der Waals surface area contributed by atoms with Gasteiger partial charge in [0.25, 0.3) is 5.91 Å². The van der Waals surface area contributed by atoms with E-state index in [0.29, 0.717) is 31.1 Å². The van der Waals surface area contributed by atoms with E-state index in [2.05, 4.69) is 33.4 Å². The molecule has 0 unspecified atom stereocenters. The van der Waals surface area contributed by atoms with Gasteiger partial charge in [-0.05, 0) is 55.8 Å². The van der Waals surface area contributed by atoms with Gasteiger partial charge in [-0.25, -0.2) is 10.4 Å². The molecule has 1 amide bonds. The molecule has 0 saturated heterocycles. The van der Waals surface area contributed by atoms with Crippen molar-refractivity contribution < 1.29 is 19.4 Å². The third kappa shape index (κ3) is 6.01. The summed E-state index contributed by atoms with van der Waals surface area (Å²) in [5.41, 5.74) is 6.12. The van der Waals surface area contributed by atoms with Crippen LogP contribution >= 0.6 is 15.9 Å². The lowest BCUT2D eigenvalue weighted by Gasteiger charge is -2.30. The fourth-order valence-electron chi connectivity index (χ4n) is 3.49. The molecule has 0 fully saturated rings. The second-order valence-electron chi connectivity index (χ2n) is 8.09. The summed E-state index contributed by atoms with van der Waals surface area (Å²) in [4.78, 5) is 18.3. The van der Waals surface area contributed by atoms with Crippen molar-refractivity contribution in [2.75, 3.05) is 13.2 Å². The number of hydrogen-bond donors (Lipinski definition) is 3. The molecule has 33 heavy (non-hydrogen) atoms. The van der Waals surface area contributed by atoms with E-state index in [1.807, 2.05) is 62.4 Å². The van der Waals surface area contributed by atoms with Crippen LogP contribution in [0.3, 0.4) is 0 Å². The minimum atomic E-state index is -1.22. The summed E-state index contributed by atoms with van der Waals surface area (Å²) in [6, 6.07) is 15.1. The summed E-state index contributed by atoms with van der Waals surface area (Å²) >= 11 is 3.46. The van der Waals surface area contributed by atoms with Crippen LogP contribution in [0.1, 0.15) is 43.9 Å². The second kappa shape index (κ2) is 11.4. The van der Waals surface area contributed by atoms with Gasteiger partial charge in [-0.1, -0.05) is 34.1 Å². The van der Waals surface area contributed by atoms with Gasteiger partial charge in [-0.2, -0.15) is 0 Å². The first kappa shape index (κ1) is 25.0. The highest BCUT2D eigenvalue weighted by atomic mass is 79.9. The number of carbonyl (C=O) groups is 1. The first-order valence-corrected chi connectivity index (χ1v) is 11.7. The Labute approximate surface area is 203 Å². The maximum atomic E-state index is 13.4. The van der Waals surface area contributed by atoms with Crippen molar-refractivity contribution in [3.63, 3.8) is 0 Å². The Morgan fingerprint density at radius 2 is 1.97 bits per heavy atom. The van der Waals surface area contributed by atoms with Crippen molar-refractivity contribution in [2.24, 2.45) is 4.99 Å². The normalized spacial score (nSPS) is 19.7. The molecule has 0 saturated carbocycles. The van der Waals surface area contributed by atoms with Gasteiger partial charge in [0, 0.05) is 35.5 Å². The number of aliphatic imine (C=N–C) groups is 1. The quantitative estimate of drug-likeness (QED) is 0.238. The molecule has 2 aromatic rings. The average molecular weight is 516 g/mol. The molecule has 2 atom stereocenters. The lowest BCUT2D eigenvalue weighted by atomic mass is 9.84. The fraction of sp³-hybridized carbons (Fsp3) is 0.360. The van der Waals surface area contributed by atoms with E-state index in [-0.39, 0.29) is 18.6 Å². The number of amides is 1. The van der Waals surface area contributed by atoms with Gasteiger partial charge < -0.3 is 14.6 Å². The molecule has 7 nitrogen and oxygen atoms in total. The maximum Gasteiger partial charge on any atom is 0.266 e. The summed E-state index contributed by atoms with van der Waals surface area (Å²) in [6.07, 6.45) is 1.92. The Kier molecular flexibility index (Phi) is 8.66. The van der Waals surface area contributed by atoms with E-state index >= 15 is 0 Å². The minimum Gasteiger partial charge on any atom is -0.494 e. The molecule has 0 spiro atoms. The third-order valence-corrected chi connectivity index (χ3v) is 5.66. The molecular weight excluding hydrogens is 486 g/mol. The first-order chi connectivity index (χ1) is 15.9. The predicted molar refractivity (Wildman–Crippen MR) is 132 cm³/mol. The van der Waals surface area contributed by atoms with Crippen LogP contribution in [0.2, 0.25) is 0 Å². The molecule has 176 valence electrons. The highest BCUT2D eigenvalue weighted by Crippen LogP contribution is 2.42. The number of halogens is 1. The number of rotatable bonds is 11. The van der Waals surface area contributed by atoms with E-state index in [4.69, 9.17) is 19.6 Å². The number of benzene rings is 2. The molecule has 3 N–H and O–H groups in total. The lowest BCUT2D eigenvalue weighted by molar-refractivity contribution is -0.130. The Morgan fingerprint density at radius 1 is 1.27 bits per heavy atom. The standard InChI is InChI=1S/C25H30BrN3O4/c1-4-14-25(24(31)29-28-17(2)3)22(18-6-10-20(26)11-7-18)33-23(27-25)19-8-12-21(13-9-19)32-16-5-15-30/h4,6-13,17,22,28,30H,1,5,14-16H2,2-3H3,(H,29,31)/t22-,25-/m0/s1. The van der Waals surface area contributed by atoms with Crippen LogP contribution in [0.5, 0.6) is 5.75 Å². The van der Waals surface area contributed by atoms with Gasteiger partial charge in [0.1, 0.15) is 5.75 Å². The van der Waals surface area contributed by atoms with Crippen LogP contribution in [-0.4, -0.2) is 41.7 Å². The SMILES string of the molecule is C=CC[C@]1(C(=O)NNC(C)C)N=C(c2ccc(OCCCO)cc2)O[C@H]1c1ccc(Br)cc1. The summed E-state index contributed by atoms with van der Waals surface area (Å²) in [7, 11) is 0. The highest BCUT2D eigenvalue weighted by molar-refractivity contribution is 9.10. The van der Waals surface area contributed by atoms with Gasteiger partial charge in [0.05, 0.1) is 6.61 Å². The smallest absolute Gasteiger partial charge is 0.266 e. The Hall–Kier alpha value is -2.68. The van der Waals surface area contributed by atoms with E-state index in [1.165, 1.54) is 0 Å². The van der Waals surface area contributed by atoms with Crippen LogP contribution in [-0.2, 0) is 9.53 Å².